The first-order valence-corrected chi connectivity index (χ1v) is 7.96. The predicted molar refractivity (Wildman–Crippen MR) is 83.7 cm³/mol. The van der Waals surface area contributed by atoms with Gasteiger partial charge in [-0.15, -0.1) is 0 Å². The molecule has 2 aliphatic rings. The van der Waals surface area contributed by atoms with Gasteiger partial charge in [0, 0.05) is 17.3 Å². The Morgan fingerprint density at radius 3 is 2.11 bits per heavy atom. The maximum atomic E-state index is 4.28. The van der Waals surface area contributed by atoms with Gasteiger partial charge in [0.15, 0.2) is 0 Å². The van der Waals surface area contributed by atoms with Crippen molar-refractivity contribution in [3.8, 4) is 0 Å². The van der Waals surface area contributed by atoms with E-state index in [1.54, 1.807) is 0 Å². The Balaban J connectivity index is 2.05. The Hall–Kier alpha value is -0.720. The molecule has 0 aromatic rings. The van der Waals surface area contributed by atoms with Gasteiger partial charge in [-0.3, -0.25) is 0 Å². The second-order valence-corrected chi connectivity index (χ2v) is 7.87. The molecule has 1 saturated heterocycles. The van der Waals surface area contributed by atoms with Crippen molar-refractivity contribution in [2.75, 3.05) is 0 Å². The van der Waals surface area contributed by atoms with E-state index < -0.39 is 0 Å². The molecule has 1 N–H and O–H groups in total. The SMILES string of the molecule is C=C1CCC(C2(C)CCCC(C)(C)CCC2)C(=C)N1. The minimum Gasteiger partial charge on any atom is -0.363 e. The summed E-state index contributed by atoms with van der Waals surface area (Å²) in [5.41, 5.74) is 3.37. The van der Waals surface area contributed by atoms with Crippen LogP contribution in [0.1, 0.15) is 72.1 Å². The highest BCUT2D eigenvalue weighted by Crippen LogP contribution is 2.48. The maximum absolute atomic E-state index is 4.28. The molecular weight excluding hydrogens is 230 g/mol. The average molecular weight is 261 g/mol. The van der Waals surface area contributed by atoms with Crippen LogP contribution in [0.3, 0.4) is 0 Å². The molecule has 19 heavy (non-hydrogen) atoms. The van der Waals surface area contributed by atoms with Crippen molar-refractivity contribution in [2.45, 2.75) is 72.1 Å². The summed E-state index contributed by atoms with van der Waals surface area (Å²) >= 11 is 0. The first kappa shape index (κ1) is 14.7. The Morgan fingerprint density at radius 1 is 1.00 bits per heavy atom. The van der Waals surface area contributed by atoms with E-state index in [1.165, 1.54) is 50.6 Å². The van der Waals surface area contributed by atoms with Gasteiger partial charge >= 0.3 is 0 Å². The van der Waals surface area contributed by atoms with Crippen LogP contribution in [0.25, 0.3) is 0 Å². The van der Waals surface area contributed by atoms with Crippen LogP contribution in [0.4, 0.5) is 0 Å². The van der Waals surface area contributed by atoms with Gasteiger partial charge in [0.1, 0.15) is 0 Å². The maximum Gasteiger partial charge on any atom is 0.0112 e. The first-order valence-electron chi connectivity index (χ1n) is 7.96. The van der Waals surface area contributed by atoms with Crippen LogP contribution in [0.2, 0.25) is 0 Å². The van der Waals surface area contributed by atoms with Crippen LogP contribution in [0, 0.1) is 16.7 Å². The van der Waals surface area contributed by atoms with Gasteiger partial charge in [-0.05, 0) is 49.4 Å². The first-order chi connectivity index (χ1) is 8.82. The van der Waals surface area contributed by atoms with Crippen molar-refractivity contribution in [1.29, 1.82) is 0 Å². The average Bonchev–Trinajstić information content (AvgIpc) is 2.26. The number of hydrogen-bond acceptors (Lipinski definition) is 1. The third kappa shape index (κ3) is 3.43. The van der Waals surface area contributed by atoms with Crippen LogP contribution < -0.4 is 5.32 Å². The molecular formula is C18H31N. The lowest BCUT2D eigenvalue weighted by atomic mass is 9.63. The summed E-state index contributed by atoms with van der Waals surface area (Å²) in [7, 11) is 0. The van der Waals surface area contributed by atoms with Gasteiger partial charge < -0.3 is 5.32 Å². The summed E-state index contributed by atoms with van der Waals surface area (Å²) in [6, 6.07) is 0. The molecule has 1 atom stereocenters. The molecule has 0 spiro atoms. The minimum absolute atomic E-state index is 0.446. The zero-order valence-electron chi connectivity index (χ0n) is 13.1. The fourth-order valence-corrected chi connectivity index (χ4v) is 4.18. The number of allylic oxidation sites excluding steroid dienone is 2. The van der Waals surface area contributed by atoms with Crippen molar-refractivity contribution in [1.82, 2.24) is 5.32 Å². The van der Waals surface area contributed by atoms with Gasteiger partial charge in [-0.2, -0.15) is 0 Å². The van der Waals surface area contributed by atoms with E-state index in [0.717, 1.165) is 12.1 Å². The molecule has 1 aliphatic heterocycles. The van der Waals surface area contributed by atoms with Gasteiger partial charge in [0.05, 0.1) is 0 Å². The molecule has 108 valence electrons. The summed E-state index contributed by atoms with van der Waals surface area (Å²) < 4.78 is 0. The van der Waals surface area contributed by atoms with E-state index in [4.69, 9.17) is 0 Å². The van der Waals surface area contributed by atoms with Gasteiger partial charge in [-0.1, -0.05) is 46.8 Å². The highest BCUT2D eigenvalue weighted by Gasteiger charge is 2.38. The number of hydrogen-bond donors (Lipinski definition) is 1. The quantitative estimate of drug-likeness (QED) is 0.666. The molecule has 0 aromatic carbocycles. The second-order valence-electron chi connectivity index (χ2n) is 7.87. The van der Waals surface area contributed by atoms with Crippen LogP contribution in [-0.2, 0) is 0 Å². The predicted octanol–water partition coefficient (Wildman–Crippen LogP) is 5.40. The van der Waals surface area contributed by atoms with Gasteiger partial charge in [-0.25, -0.2) is 0 Å². The Bertz CT molecular complexity index is 352. The van der Waals surface area contributed by atoms with E-state index in [9.17, 15) is 0 Å². The van der Waals surface area contributed by atoms with E-state index in [-0.39, 0.29) is 0 Å². The fourth-order valence-electron chi connectivity index (χ4n) is 4.18. The second kappa shape index (κ2) is 5.34. The van der Waals surface area contributed by atoms with Crippen molar-refractivity contribution in [3.63, 3.8) is 0 Å². The molecule has 1 saturated carbocycles. The molecule has 1 aliphatic carbocycles. The van der Waals surface area contributed by atoms with Gasteiger partial charge in [0.25, 0.3) is 0 Å². The van der Waals surface area contributed by atoms with E-state index >= 15 is 0 Å². The molecule has 0 amide bonds. The minimum atomic E-state index is 0.446. The molecule has 0 bridgehead atoms. The third-order valence-electron chi connectivity index (χ3n) is 5.54. The molecule has 2 fully saturated rings. The van der Waals surface area contributed by atoms with E-state index in [0.29, 0.717) is 16.7 Å². The number of rotatable bonds is 1. The van der Waals surface area contributed by atoms with Crippen LogP contribution in [0.5, 0.6) is 0 Å². The molecule has 1 nitrogen and oxygen atoms in total. The molecule has 2 rings (SSSR count). The summed E-state index contributed by atoms with van der Waals surface area (Å²) in [5.74, 6) is 0.638. The third-order valence-corrected chi connectivity index (χ3v) is 5.54. The Kier molecular flexibility index (Phi) is 4.13. The topological polar surface area (TPSA) is 12.0 Å². The standard InChI is InChI=1S/C18H31N/c1-14-8-9-16(15(2)19-14)18(5)12-6-10-17(3,4)11-7-13-18/h16,19H,1-2,6-13H2,3-5H3. The lowest BCUT2D eigenvalue weighted by molar-refractivity contribution is 0.113. The summed E-state index contributed by atoms with van der Waals surface area (Å²) in [6.07, 6.45) is 10.6. The smallest absolute Gasteiger partial charge is 0.0112 e. The van der Waals surface area contributed by atoms with Gasteiger partial charge in [0.2, 0.25) is 0 Å². The molecule has 1 unspecified atom stereocenters. The van der Waals surface area contributed by atoms with E-state index in [2.05, 4.69) is 39.2 Å². The highest BCUT2D eigenvalue weighted by molar-refractivity contribution is 5.16. The van der Waals surface area contributed by atoms with Crippen LogP contribution >= 0.6 is 0 Å². The lowest BCUT2D eigenvalue weighted by Crippen LogP contribution is -2.37. The van der Waals surface area contributed by atoms with Crippen molar-refractivity contribution in [2.24, 2.45) is 16.7 Å². The molecule has 0 radical (unpaired) electrons. The number of piperidine rings is 1. The summed E-state index contributed by atoms with van der Waals surface area (Å²) in [4.78, 5) is 0. The fraction of sp³-hybridized carbons (Fsp3) is 0.778. The number of nitrogens with one attached hydrogen (secondary N) is 1. The van der Waals surface area contributed by atoms with Crippen molar-refractivity contribution < 1.29 is 0 Å². The van der Waals surface area contributed by atoms with Crippen molar-refractivity contribution in [3.05, 3.63) is 24.6 Å². The monoisotopic (exact) mass is 261 g/mol. The van der Waals surface area contributed by atoms with Crippen LogP contribution in [0.15, 0.2) is 24.6 Å². The zero-order valence-corrected chi connectivity index (χ0v) is 13.1. The van der Waals surface area contributed by atoms with Crippen LogP contribution in [-0.4, -0.2) is 0 Å². The van der Waals surface area contributed by atoms with Crippen molar-refractivity contribution >= 4 is 0 Å². The lowest BCUT2D eigenvalue weighted by Gasteiger charge is -2.44. The molecule has 1 heterocycles. The molecule has 1 heteroatoms. The Labute approximate surface area is 119 Å². The molecule has 0 aromatic heterocycles. The van der Waals surface area contributed by atoms with E-state index in [1.807, 2.05) is 0 Å². The summed E-state index contributed by atoms with van der Waals surface area (Å²) in [6.45, 7) is 15.7. The largest absolute Gasteiger partial charge is 0.363 e. The summed E-state index contributed by atoms with van der Waals surface area (Å²) in [5, 5.41) is 3.42. The Morgan fingerprint density at radius 2 is 1.58 bits per heavy atom. The zero-order chi connectivity index (χ0) is 14.1. The highest BCUT2D eigenvalue weighted by atomic mass is 14.9. The normalized spacial score (nSPS) is 31.2.